The van der Waals surface area contributed by atoms with Gasteiger partial charge in [-0.25, -0.2) is 14.8 Å². The first-order valence-electron chi connectivity index (χ1n) is 11.8. The first-order valence-corrected chi connectivity index (χ1v) is 11.8. The molecule has 3 aromatic rings. The highest BCUT2D eigenvalue weighted by Crippen LogP contribution is 2.28. The fourth-order valence-corrected chi connectivity index (χ4v) is 4.09. The molecule has 2 amide bonds. The predicted octanol–water partition coefficient (Wildman–Crippen LogP) is 4.85. The minimum atomic E-state index is -0.339. The summed E-state index contributed by atoms with van der Waals surface area (Å²) in [5, 5.41) is 2.87. The van der Waals surface area contributed by atoms with Crippen LogP contribution in [0.2, 0.25) is 0 Å². The van der Waals surface area contributed by atoms with Crippen LogP contribution in [0.4, 0.5) is 16.4 Å². The van der Waals surface area contributed by atoms with Gasteiger partial charge in [0.25, 0.3) is 0 Å². The number of aryl methyl sites for hydroxylation is 3. The largest absolute Gasteiger partial charge is 0.497 e. The quantitative estimate of drug-likeness (QED) is 0.469. The zero-order valence-corrected chi connectivity index (χ0v) is 20.3. The van der Waals surface area contributed by atoms with Gasteiger partial charge in [0.2, 0.25) is 0 Å². The van der Waals surface area contributed by atoms with E-state index < -0.39 is 0 Å². The van der Waals surface area contributed by atoms with Crippen molar-refractivity contribution >= 4 is 24.0 Å². The second-order valence-electron chi connectivity index (χ2n) is 8.72. The molecule has 4 rings (SSSR count). The molecule has 1 aromatic carbocycles. The molecule has 0 spiro atoms. The molecule has 8 heteroatoms. The highest BCUT2D eigenvalue weighted by Gasteiger charge is 2.25. The van der Waals surface area contributed by atoms with Crippen LogP contribution in [-0.2, 0) is 19.3 Å². The van der Waals surface area contributed by atoms with Crippen molar-refractivity contribution in [3.05, 3.63) is 71.0 Å². The van der Waals surface area contributed by atoms with E-state index in [0.717, 1.165) is 48.1 Å². The summed E-state index contributed by atoms with van der Waals surface area (Å²) in [6, 6.07) is 12.9. The maximum atomic E-state index is 13.1. The Hall–Kier alpha value is -3.94. The number of hydrogen-bond acceptors (Lipinski definition) is 6. The third kappa shape index (κ3) is 5.95. The van der Waals surface area contributed by atoms with E-state index in [0.29, 0.717) is 35.9 Å². The Bertz CT molecular complexity index is 1210. The minimum Gasteiger partial charge on any atom is -0.497 e. The highest BCUT2D eigenvalue weighted by atomic mass is 16.5. The summed E-state index contributed by atoms with van der Waals surface area (Å²) in [6.45, 7) is 4.44. The fourth-order valence-electron chi connectivity index (χ4n) is 4.09. The fraction of sp³-hybridized carbons (Fsp3) is 0.333. The van der Waals surface area contributed by atoms with Crippen molar-refractivity contribution in [1.29, 1.82) is 0 Å². The number of carbonyl (C=O) groups is 2. The number of methoxy groups -OCH3 is 1. The van der Waals surface area contributed by atoms with Crippen LogP contribution in [0.1, 0.15) is 47.4 Å². The molecule has 1 N–H and O–H groups in total. The number of benzene rings is 1. The molecule has 2 aromatic heterocycles. The Kier molecular flexibility index (Phi) is 7.60. The number of anilines is 2. The maximum Gasteiger partial charge on any atom is 0.328 e. The molecule has 35 heavy (non-hydrogen) atoms. The summed E-state index contributed by atoms with van der Waals surface area (Å²) in [4.78, 5) is 34.7. The lowest BCUT2D eigenvalue weighted by atomic mass is 10.0. The molecule has 0 saturated carbocycles. The third-order valence-electron chi connectivity index (χ3n) is 5.79. The summed E-state index contributed by atoms with van der Waals surface area (Å²) in [5.74, 6) is 2.43. The van der Waals surface area contributed by atoms with E-state index in [1.54, 1.807) is 30.3 Å². The van der Waals surface area contributed by atoms with Gasteiger partial charge in [0.05, 0.1) is 13.2 Å². The van der Waals surface area contributed by atoms with Crippen molar-refractivity contribution in [2.45, 2.75) is 45.6 Å². The number of amides is 2. The maximum absolute atomic E-state index is 13.1. The monoisotopic (exact) mass is 474 g/mol. The van der Waals surface area contributed by atoms with Gasteiger partial charge in [-0.1, -0.05) is 18.2 Å². The van der Waals surface area contributed by atoms with E-state index in [1.165, 1.54) is 0 Å². The number of urea groups is 1. The predicted molar refractivity (Wildman–Crippen MR) is 135 cm³/mol. The van der Waals surface area contributed by atoms with E-state index in [9.17, 15) is 9.59 Å². The van der Waals surface area contributed by atoms with Crippen molar-refractivity contribution in [2.24, 2.45) is 0 Å². The first-order chi connectivity index (χ1) is 17.0. The number of pyridine rings is 2. The number of nitrogens with one attached hydrogen (secondary N) is 1. The highest BCUT2D eigenvalue weighted by molar-refractivity contribution is 6.01. The molecule has 0 aliphatic carbocycles. The first kappa shape index (κ1) is 24.2. The van der Waals surface area contributed by atoms with Crippen molar-refractivity contribution in [1.82, 2.24) is 9.97 Å². The Morgan fingerprint density at radius 3 is 2.83 bits per heavy atom. The molecular formula is C27H30N4O4. The number of carbonyl (C=O) groups excluding carboxylic acids is 2. The summed E-state index contributed by atoms with van der Waals surface area (Å²) in [6.07, 6.45) is 5.57. The van der Waals surface area contributed by atoms with Crippen LogP contribution < -0.4 is 19.7 Å². The lowest BCUT2D eigenvalue weighted by Gasteiger charge is -2.28. The molecule has 0 bridgehead atoms. The molecule has 0 radical (unpaired) electrons. The zero-order chi connectivity index (χ0) is 24.8. The molecule has 1 aliphatic rings. The summed E-state index contributed by atoms with van der Waals surface area (Å²) >= 11 is 0. The van der Waals surface area contributed by atoms with Crippen LogP contribution in [-0.4, -0.2) is 42.0 Å². The van der Waals surface area contributed by atoms with Crippen molar-refractivity contribution < 1.29 is 19.1 Å². The Balaban J connectivity index is 1.51. The van der Waals surface area contributed by atoms with E-state index in [4.69, 9.17) is 9.47 Å². The summed E-state index contributed by atoms with van der Waals surface area (Å²) in [5.41, 5.74) is 3.36. The van der Waals surface area contributed by atoms with Gasteiger partial charge in [0, 0.05) is 24.4 Å². The smallest absolute Gasteiger partial charge is 0.328 e. The standard InChI is InChI=1S/C27H30N4O4/c1-18(2)35-24-15-25(28-16-21(24)10-9-19-6-4-8-23(14-19)34-3)30-27(33)31-13-5-7-20-11-12-22(17-32)29-26(20)31/h4,6,8,11-12,14-18H,5,7,9-10,13H2,1-3H3,(H,28,30,33). The molecule has 0 atom stereocenters. The van der Waals surface area contributed by atoms with Crippen LogP contribution in [0.5, 0.6) is 11.5 Å². The van der Waals surface area contributed by atoms with Crippen LogP contribution >= 0.6 is 0 Å². The van der Waals surface area contributed by atoms with Gasteiger partial charge >= 0.3 is 6.03 Å². The average molecular weight is 475 g/mol. The average Bonchev–Trinajstić information content (AvgIpc) is 2.87. The van der Waals surface area contributed by atoms with Crippen LogP contribution in [0, 0.1) is 0 Å². The van der Waals surface area contributed by atoms with E-state index in [1.807, 2.05) is 38.1 Å². The SMILES string of the molecule is COc1cccc(CCc2cnc(NC(=O)N3CCCc4ccc(C=O)nc43)cc2OC(C)C)c1. The van der Waals surface area contributed by atoms with Crippen molar-refractivity contribution in [3.8, 4) is 11.5 Å². The topological polar surface area (TPSA) is 93.7 Å². The minimum absolute atomic E-state index is 0.0311. The Morgan fingerprint density at radius 2 is 2.06 bits per heavy atom. The van der Waals surface area contributed by atoms with Gasteiger partial charge in [-0.15, -0.1) is 0 Å². The number of aromatic nitrogens is 2. The van der Waals surface area contributed by atoms with Gasteiger partial charge in [-0.2, -0.15) is 0 Å². The summed E-state index contributed by atoms with van der Waals surface area (Å²) in [7, 11) is 1.66. The van der Waals surface area contributed by atoms with Crippen molar-refractivity contribution in [3.63, 3.8) is 0 Å². The molecule has 182 valence electrons. The van der Waals surface area contributed by atoms with Gasteiger partial charge in [0.1, 0.15) is 28.8 Å². The molecular weight excluding hydrogens is 444 g/mol. The number of hydrogen-bond donors (Lipinski definition) is 1. The lowest BCUT2D eigenvalue weighted by molar-refractivity contribution is 0.111. The zero-order valence-electron chi connectivity index (χ0n) is 20.3. The molecule has 0 fully saturated rings. The van der Waals surface area contributed by atoms with Crippen molar-refractivity contribution in [2.75, 3.05) is 23.9 Å². The van der Waals surface area contributed by atoms with Gasteiger partial charge in [-0.3, -0.25) is 15.0 Å². The Labute approximate surface area is 205 Å². The number of fused-ring (bicyclic) bond motifs is 1. The van der Waals surface area contributed by atoms with E-state index in [2.05, 4.69) is 21.4 Å². The summed E-state index contributed by atoms with van der Waals surface area (Å²) < 4.78 is 11.4. The second kappa shape index (κ2) is 11.0. The third-order valence-corrected chi connectivity index (χ3v) is 5.79. The normalized spacial score (nSPS) is 12.7. The molecule has 8 nitrogen and oxygen atoms in total. The van der Waals surface area contributed by atoms with E-state index in [-0.39, 0.29) is 12.1 Å². The number of rotatable bonds is 8. The van der Waals surface area contributed by atoms with Crippen LogP contribution in [0.25, 0.3) is 0 Å². The Morgan fingerprint density at radius 1 is 1.20 bits per heavy atom. The van der Waals surface area contributed by atoms with Crippen LogP contribution in [0.15, 0.2) is 48.7 Å². The van der Waals surface area contributed by atoms with Crippen LogP contribution in [0.3, 0.4) is 0 Å². The lowest BCUT2D eigenvalue weighted by Crippen LogP contribution is -2.39. The molecule has 0 saturated heterocycles. The number of aldehydes is 1. The second-order valence-corrected chi connectivity index (χ2v) is 8.72. The van der Waals surface area contributed by atoms with E-state index >= 15 is 0 Å². The van der Waals surface area contributed by atoms with Gasteiger partial charge < -0.3 is 9.47 Å². The van der Waals surface area contributed by atoms with Gasteiger partial charge in [-0.05, 0) is 68.9 Å². The molecule has 1 aliphatic heterocycles. The molecule has 0 unspecified atom stereocenters. The number of ether oxygens (including phenoxy) is 2. The number of nitrogens with zero attached hydrogens (tertiary/aromatic N) is 3. The van der Waals surface area contributed by atoms with Gasteiger partial charge in [0.15, 0.2) is 6.29 Å². The molecule has 3 heterocycles.